The molecule has 1 aliphatic rings. The standard InChI is InChI=1S/C29H22ClN3O4S/c1-18(34)31-22-10-12-23(13-11-22)32-28(35)20-9-14-27-25(16-20)33(17-19-5-4-6-21(30)15-19)29(36)24-7-2-3-8-26(24)38(27)37/h2-16H,17H2,1H3,(H,31,34)(H,32,35). The Labute approximate surface area is 226 Å². The molecule has 3 amide bonds. The molecular weight excluding hydrogens is 522 g/mol. The van der Waals surface area contributed by atoms with Crippen LogP contribution in [0.25, 0.3) is 0 Å². The molecule has 1 aliphatic heterocycles. The second-order valence-corrected chi connectivity index (χ2v) is 10.5. The van der Waals surface area contributed by atoms with Crippen molar-refractivity contribution in [1.82, 2.24) is 0 Å². The monoisotopic (exact) mass is 543 g/mol. The summed E-state index contributed by atoms with van der Waals surface area (Å²) in [5.41, 5.74) is 2.95. The number of nitrogens with zero attached hydrogens (tertiary/aromatic N) is 1. The molecule has 0 aromatic heterocycles. The highest BCUT2D eigenvalue weighted by molar-refractivity contribution is 7.85. The zero-order valence-electron chi connectivity index (χ0n) is 20.2. The first-order valence-corrected chi connectivity index (χ1v) is 13.2. The lowest BCUT2D eigenvalue weighted by Gasteiger charge is -2.24. The Morgan fingerprint density at radius 2 is 1.55 bits per heavy atom. The third-order valence-electron chi connectivity index (χ3n) is 5.97. The van der Waals surface area contributed by atoms with Gasteiger partial charge in [-0.3, -0.25) is 14.4 Å². The number of anilines is 3. The molecule has 0 saturated carbocycles. The molecule has 0 radical (unpaired) electrons. The summed E-state index contributed by atoms with van der Waals surface area (Å²) < 4.78 is 13.6. The minimum Gasteiger partial charge on any atom is -0.326 e. The van der Waals surface area contributed by atoms with Crippen LogP contribution >= 0.6 is 11.6 Å². The van der Waals surface area contributed by atoms with Crippen LogP contribution in [0.2, 0.25) is 5.02 Å². The summed E-state index contributed by atoms with van der Waals surface area (Å²) in [4.78, 5) is 40.5. The molecule has 1 atom stereocenters. The van der Waals surface area contributed by atoms with E-state index in [-0.39, 0.29) is 18.4 Å². The highest BCUT2D eigenvalue weighted by atomic mass is 35.5. The number of fused-ring (bicyclic) bond motifs is 2. The third kappa shape index (κ3) is 5.22. The summed E-state index contributed by atoms with van der Waals surface area (Å²) in [6.07, 6.45) is 0. The van der Waals surface area contributed by atoms with E-state index >= 15 is 0 Å². The largest absolute Gasteiger partial charge is 0.326 e. The molecule has 0 saturated heterocycles. The zero-order valence-corrected chi connectivity index (χ0v) is 21.8. The average Bonchev–Trinajstić information content (AvgIpc) is 2.99. The first-order chi connectivity index (χ1) is 18.3. The number of hydrogen-bond acceptors (Lipinski definition) is 4. The van der Waals surface area contributed by atoms with E-state index in [1.54, 1.807) is 84.9 Å². The van der Waals surface area contributed by atoms with Crippen LogP contribution < -0.4 is 15.5 Å². The fourth-order valence-corrected chi connectivity index (χ4v) is 5.78. The van der Waals surface area contributed by atoms with Crippen LogP contribution in [0, 0.1) is 0 Å². The first-order valence-electron chi connectivity index (χ1n) is 11.7. The van der Waals surface area contributed by atoms with Crippen LogP contribution in [0.4, 0.5) is 17.1 Å². The fraction of sp³-hybridized carbons (Fsp3) is 0.0690. The number of hydrogen-bond donors (Lipinski definition) is 2. The van der Waals surface area contributed by atoms with Gasteiger partial charge in [0, 0.05) is 28.9 Å². The van der Waals surface area contributed by atoms with Crippen molar-refractivity contribution in [2.24, 2.45) is 0 Å². The third-order valence-corrected chi connectivity index (χ3v) is 7.70. The molecule has 5 rings (SSSR count). The van der Waals surface area contributed by atoms with E-state index in [1.165, 1.54) is 11.8 Å². The van der Waals surface area contributed by atoms with Gasteiger partial charge in [-0.1, -0.05) is 35.9 Å². The van der Waals surface area contributed by atoms with E-state index in [0.717, 1.165) is 5.56 Å². The lowest BCUT2D eigenvalue weighted by molar-refractivity contribution is -0.114. The van der Waals surface area contributed by atoms with Gasteiger partial charge >= 0.3 is 0 Å². The second kappa shape index (κ2) is 10.6. The number of rotatable bonds is 5. The average molecular weight is 544 g/mol. The van der Waals surface area contributed by atoms with Crippen molar-refractivity contribution in [3.8, 4) is 0 Å². The summed E-state index contributed by atoms with van der Waals surface area (Å²) in [5, 5.41) is 6.03. The Bertz CT molecular complexity index is 1600. The van der Waals surface area contributed by atoms with Gasteiger partial charge in [0.1, 0.15) is 0 Å². The van der Waals surface area contributed by atoms with Crippen molar-refractivity contribution in [2.45, 2.75) is 23.3 Å². The number of amides is 3. The molecule has 9 heteroatoms. The van der Waals surface area contributed by atoms with E-state index in [4.69, 9.17) is 11.6 Å². The number of benzene rings is 4. The maximum atomic E-state index is 13.7. The molecule has 4 aromatic rings. The van der Waals surface area contributed by atoms with Crippen LogP contribution in [-0.4, -0.2) is 21.9 Å². The minimum atomic E-state index is -1.63. The molecule has 1 heterocycles. The van der Waals surface area contributed by atoms with Gasteiger partial charge < -0.3 is 15.5 Å². The highest BCUT2D eigenvalue weighted by Crippen LogP contribution is 2.36. The molecule has 4 aromatic carbocycles. The van der Waals surface area contributed by atoms with Crippen LogP contribution in [0.15, 0.2) is 101 Å². The lowest BCUT2D eigenvalue weighted by atomic mass is 10.1. The van der Waals surface area contributed by atoms with E-state index in [0.29, 0.717) is 43.0 Å². The van der Waals surface area contributed by atoms with Crippen LogP contribution in [0.1, 0.15) is 33.2 Å². The van der Waals surface area contributed by atoms with Gasteiger partial charge in [0.25, 0.3) is 11.8 Å². The number of halogens is 1. The van der Waals surface area contributed by atoms with Gasteiger partial charge in [0.15, 0.2) is 0 Å². The normalized spacial score (nSPS) is 14.2. The van der Waals surface area contributed by atoms with Crippen molar-refractivity contribution in [3.63, 3.8) is 0 Å². The van der Waals surface area contributed by atoms with Gasteiger partial charge in [0.05, 0.1) is 38.4 Å². The summed E-state index contributed by atoms with van der Waals surface area (Å²) in [6, 6.07) is 25.5. The van der Waals surface area contributed by atoms with Crippen molar-refractivity contribution < 1.29 is 18.6 Å². The molecule has 0 aliphatic carbocycles. The predicted molar refractivity (Wildman–Crippen MR) is 148 cm³/mol. The smallest absolute Gasteiger partial charge is 0.259 e. The van der Waals surface area contributed by atoms with Crippen molar-refractivity contribution >= 4 is 57.2 Å². The zero-order chi connectivity index (χ0) is 26.8. The van der Waals surface area contributed by atoms with Crippen molar-refractivity contribution in [3.05, 3.63) is 113 Å². The molecule has 2 N–H and O–H groups in total. The maximum Gasteiger partial charge on any atom is 0.259 e. The SMILES string of the molecule is CC(=O)Nc1ccc(NC(=O)c2ccc3c(c2)N(Cc2cccc(Cl)c2)C(=O)c2ccccc2S3=O)cc1. The molecule has 1 unspecified atom stereocenters. The summed E-state index contributed by atoms with van der Waals surface area (Å²) in [6.45, 7) is 1.59. The van der Waals surface area contributed by atoms with Crippen molar-refractivity contribution in [2.75, 3.05) is 15.5 Å². The molecule has 0 fully saturated rings. The first kappa shape index (κ1) is 25.4. The van der Waals surface area contributed by atoms with Gasteiger partial charge in [-0.15, -0.1) is 0 Å². The molecule has 7 nitrogen and oxygen atoms in total. The van der Waals surface area contributed by atoms with E-state index in [9.17, 15) is 18.6 Å². The summed E-state index contributed by atoms with van der Waals surface area (Å²) in [5.74, 6) is -0.912. The van der Waals surface area contributed by atoms with Gasteiger partial charge in [0.2, 0.25) is 5.91 Å². The van der Waals surface area contributed by atoms with E-state index in [1.807, 2.05) is 6.07 Å². The molecular formula is C29H22ClN3O4S. The summed E-state index contributed by atoms with van der Waals surface area (Å²) in [7, 11) is -1.63. The van der Waals surface area contributed by atoms with Gasteiger partial charge in [-0.2, -0.15) is 0 Å². The highest BCUT2D eigenvalue weighted by Gasteiger charge is 2.31. The van der Waals surface area contributed by atoms with Crippen molar-refractivity contribution in [1.29, 1.82) is 0 Å². The number of carbonyl (C=O) groups is 3. The quantitative estimate of drug-likeness (QED) is 0.329. The van der Waals surface area contributed by atoms with Gasteiger partial charge in [-0.05, 0) is 72.3 Å². The lowest BCUT2D eigenvalue weighted by Crippen LogP contribution is -2.30. The topological polar surface area (TPSA) is 95.6 Å². The number of nitrogens with one attached hydrogen (secondary N) is 2. The Balaban J connectivity index is 1.52. The second-order valence-electron chi connectivity index (χ2n) is 8.68. The molecule has 38 heavy (non-hydrogen) atoms. The Hall–Kier alpha value is -4.27. The Morgan fingerprint density at radius 1 is 0.842 bits per heavy atom. The van der Waals surface area contributed by atoms with Gasteiger partial charge in [-0.25, -0.2) is 4.21 Å². The van der Waals surface area contributed by atoms with Crippen LogP contribution in [0.5, 0.6) is 0 Å². The van der Waals surface area contributed by atoms with Crippen LogP contribution in [-0.2, 0) is 22.1 Å². The summed E-state index contributed by atoms with van der Waals surface area (Å²) >= 11 is 6.19. The molecule has 0 bridgehead atoms. The minimum absolute atomic E-state index is 0.174. The van der Waals surface area contributed by atoms with E-state index in [2.05, 4.69) is 10.6 Å². The van der Waals surface area contributed by atoms with E-state index < -0.39 is 16.7 Å². The number of carbonyl (C=O) groups excluding carboxylic acids is 3. The fourth-order valence-electron chi connectivity index (χ4n) is 4.22. The van der Waals surface area contributed by atoms with Crippen LogP contribution in [0.3, 0.4) is 0 Å². The Kier molecular flexibility index (Phi) is 7.09. The predicted octanol–water partition coefficient (Wildman–Crippen LogP) is 5.88. The maximum absolute atomic E-state index is 13.7. The Morgan fingerprint density at radius 3 is 2.26 bits per heavy atom. The molecule has 0 spiro atoms. The molecule has 190 valence electrons.